The third-order valence-electron chi connectivity index (χ3n) is 2.54. The molecule has 1 aromatic rings. The summed E-state index contributed by atoms with van der Waals surface area (Å²) in [5.41, 5.74) is 4.28. The SMILES string of the molecule is O=C(O)CONC(=O)C1Cc2ccccc21. The van der Waals surface area contributed by atoms with Gasteiger partial charge in [-0.25, -0.2) is 10.3 Å². The molecule has 5 nitrogen and oxygen atoms in total. The second-order valence-corrected chi connectivity index (χ2v) is 3.60. The summed E-state index contributed by atoms with van der Waals surface area (Å²) < 4.78 is 0. The first-order valence-corrected chi connectivity index (χ1v) is 4.89. The van der Waals surface area contributed by atoms with E-state index in [1.807, 2.05) is 24.3 Å². The van der Waals surface area contributed by atoms with Gasteiger partial charge in [-0.1, -0.05) is 24.3 Å². The minimum Gasteiger partial charge on any atom is -0.479 e. The second-order valence-electron chi connectivity index (χ2n) is 3.60. The van der Waals surface area contributed by atoms with Crippen molar-refractivity contribution in [1.29, 1.82) is 0 Å². The smallest absolute Gasteiger partial charge is 0.332 e. The van der Waals surface area contributed by atoms with Crippen LogP contribution in [-0.2, 0) is 20.8 Å². The lowest BCUT2D eigenvalue weighted by molar-refractivity contribution is -0.149. The van der Waals surface area contributed by atoms with Crippen LogP contribution in [0.25, 0.3) is 0 Å². The molecule has 1 atom stereocenters. The van der Waals surface area contributed by atoms with E-state index in [-0.39, 0.29) is 11.8 Å². The molecule has 0 radical (unpaired) electrons. The van der Waals surface area contributed by atoms with E-state index < -0.39 is 12.6 Å². The predicted octanol–water partition coefficient (Wildman–Crippen LogP) is 0.459. The number of fused-ring (bicyclic) bond motifs is 1. The predicted molar refractivity (Wildman–Crippen MR) is 54.6 cm³/mol. The molecule has 0 saturated heterocycles. The van der Waals surface area contributed by atoms with Crippen molar-refractivity contribution in [2.24, 2.45) is 0 Å². The molecule has 0 spiro atoms. The van der Waals surface area contributed by atoms with Gasteiger partial charge in [0, 0.05) is 0 Å². The average molecular weight is 221 g/mol. The van der Waals surface area contributed by atoms with Crippen molar-refractivity contribution in [3.05, 3.63) is 35.4 Å². The van der Waals surface area contributed by atoms with Crippen LogP contribution in [0.15, 0.2) is 24.3 Å². The number of hydrogen-bond donors (Lipinski definition) is 2. The molecule has 1 aliphatic carbocycles. The summed E-state index contributed by atoms with van der Waals surface area (Å²) in [4.78, 5) is 26.2. The van der Waals surface area contributed by atoms with E-state index in [9.17, 15) is 9.59 Å². The first-order chi connectivity index (χ1) is 7.68. The van der Waals surface area contributed by atoms with Gasteiger partial charge in [0.05, 0.1) is 5.92 Å². The Labute approximate surface area is 92.0 Å². The van der Waals surface area contributed by atoms with Crippen LogP contribution < -0.4 is 5.48 Å². The largest absolute Gasteiger partial charge is 0.479 e. The summed E-state index contributed by atoms with van der Waals surface area (Å²) in [6.45, 7) is -0.528. The fourth-order valence-corrected chi connectivity index (χ4v) is 1.73. The lowest BCUT2D eigenvalue weighted by Gasteiger charge is -2.28. The fourth-order valence-electron chi connectivity index (χ4n) is 1.73. The van der Waals surface area contributed by atoms with Gasteiger partial charge in [-0.2, -0.15) is 0 Å². The maximum atomic E-state index is 11.5. The molecule has 0 saturated carbocycles. The number of carbonyl (C=O) groups excluding carboxylic acids is 1. The molecule has 5 heteroatoms. The van der Waals surface area contributed by atoms with Crippen molar-refractivity contribution in [1.82, 2.24) is 5.48 Å². The summed E-state index contributed by atoms with van der Waals surface area (Å²) in [5.74, 6) is -1.63. The number of carbonyl (C=O) groups is 2. The van der Waals surface area contributed by atoms with E-state index in [2.05, 4.69) is 10.3 Å². The van der Waals surface area contributed by atoms with Gasteiger partial charge in [-0.3, -0.25) is 9.63 Å². The van der Waals surface area contributed by atoms with Crippen LogP contribution in [0.3, 0.4) is 0 Å². The zero-order valence-corrected chi connectivity index (χ0v) is 8.47. The molecular formula is C11H11NO4. The average Bonchev–Trinajstić information content (AvgIpc) is 2.19. The van der Waals surface area contributed by atoms with E-state index in [0.29, 0.717) is 6.42 Å². The van der Waals surface area contributed by atoms with Gasteiger partial charge >= 0.3 is 5.97 Å². The number of carboxylic acid groups (broad SMARTS) is 1. The number of rotatable bonds is 4. The lowest BCUT2D eigenvalue weighted by atomic mass is 9.77. The van der Waals surface area contributed by atoms with Crippen molar-refractivity contribution in [2.45, 2.75) is 12.3 Å². The number of aliphatic carboxylic acids is 1. The standard InChI is InChI=1S/C11H11NO4/c13-10(14)6-16-12-11(15)9-5-7-3-1-2-4-8(7)9/h1-4,9H,5-6H2,(H,12,15)(H,13,14). The molecule has 2 N–H and O–H groups in total. The van der Waals surface area contributed by atoms with Gasteiger partial charge in [0.2, 0.25) is 0 Å². The van der Waals surface area contributed by atoms with Crippen molar-refractivity contribution in [3.8, 4) is 0 Å². The zero-order chi connectivity index (χ0) is 11.5. The zero-order valence-electron chi connectivity index (χ0n) is 8.47. The van der Waals surface area contributed by atoms with Gasteiger partial charge in [0.15, 0.2) is 6.61 Å². The Hall–Kier alpha value is -1.88. The molecule has 2 rings (SSSR count). The van der Waals surface area contributed by atoms with Crippen LogP contribution >= 0.6 is 0 Å². The Bertz CT molecular complexity index is 430. The third-order valence-corrected chi connectivity index (χ3v) is 2.54. The topological polar surface area (TPSA) is 75.6 Å². The molecule has 84 valence electrons. The molecule has 1 aromatic carbocycles. The lowest BCUT2D eigenvalue weighted by Crippen LogP contribution is -2.36. The van der Waals surface area contributed by atoms with E-state index in [1.54, 1.807) is 0 Å². The highest BCUT2D eigenvalue weighted by atomic mass is 16.7. The number of carboxylic acids is 1. The monoisotopic (exact) mass is 221 g/mol. The van der Waals surface area contributed by atoms with Gasteiger partial charge in [0.25, 0.3) is 5.91 Å². The summed E-state index contributed by atoms with van der Waals surface area (Å²) in [5, 5.41) is 8.32. The normalized spacial score (nSPS) is 17.1. The molecule has 0 aromatic heterocycles. The highest BCUT2D eigenvalue weighted by Crippen LogP contribution is 2.34. The quantitative estimate of drug-likeness (QED) is 0.724. The number of hydrogen-bond acceptors (Lipinski definition) is 3. The number of amides is 1. The van der Waals surface area contributed by atoms with Crippen LogP contribution in [-0.4, -0.2) is 23.6 Å². The molecule has 0 fully saturated rings. The minimum atomic E-state index is -1.12. The van der Waals surface area contributed by atoms with Crippen molar-refractivity contribution < 1.29 is 19.5 Å². The van der Waals surface area contributed by atoms with Gasteiger partial charge in [-0.15, -0.1) is 0 Å². The van der Waals surface area contributed by atoms with E-state index >= 15 is 0 Å². The first kappa shape index (κ1) is 10.6. The van der Waals surface area contributed by atoms with E-state index in [0.717, 1.165) is 11.1 Å². The van der Waals surface area contributed by atoms with Gasteiger partial charge in [-0.05, 0) is 17.5 Å². The Kier molecular flexibility index (Phi) is 2.87. The second kappa shape index (κ2) is 4.32. The third kappa shape index (κ3) is 2.04. The summed E-state index contributed by atoms with van der Waals surface area (Å²) in [7, 11) is 0. The molecule has 0 bridgehead atoms. The fraction of sp³-hybridized carbons (Fsp3) is 0.273. The molecule has 1 aliphatic rings. The first-order valence-electron chi connectivity index (χ1n) is 4.89. The maximum absolute atomic E-state index is 11.5. The Balaban J connectivity index is 1.87. The van der Waals surface area contributed by atoms with Crippen LogP contribution in [0, 0.1) is 0 Å². The molecule has 1 amide bonds. The van der Waals surface area contributed by atoms with Crippen LogP contribution in [0.1, 0.15) is 17.0 Å². The van der Waals surface area contributed by atoms with Crippen molar-refractivity contribution >= 4 is 11.9 Å². The Morgan fingerprint density at radius 3 is 2.88 bits per heavy atom. The minimum absolute atomic E-state index is 0.218. The van der Waals surface area contributed by atoms with E-state index in [1.165, 1.54) is 0 Å². The Morgan fingerprint density at radius 1 is 1.44 bits per heavy atom. The Morgan fingerprint density at radius 2 is 2.19 bits per heavy atom. The molecule has 0 aliphatic heterocycles. The van der Waals surface area contributed by atoms with Crippen LogP contribution in [0.4, 0.5) is 0 Å². The van der Waals surface area contributed by atoms with Crippen molar-refractivity contribution in [2.75, 3.05) is 6.61 Å². The molecule has 1 unspecified atom stereocenters. The van der Waals surface area contributed by atoms with Gasteiger partial charge < -0.3 is 5.11 Å². The van der Waals surface area contributed by atoms with Gasteiger partial charge in [0.1, 0.15) is 0 Å². The van der Waals surface area contributed by atoms with Crippen molar-refractivity contribution in [3.63, 3.8) is 0 Å². The summed E-state index contributed by atoms with van der Waals surface area (Å²) in [6, 6.07) is 7.65. The summed E-state index contributed by atoms with van der Waals surface area (Å²) in [6.07, 6.45) is 0.679. The van der Waals surface area contributed by atoms with Crippen LogP contribution in [0.5, 0.6) is 0 Å². The molecular weight excluding hydrogens is 210 g/mol. The highest BCUT2D eigenvalue weighted by Gasteiger charge is 2.31. The van der Waals surface area contributed by atoms with E-state index in [4.69, 9.17) is 5.11 Å². The maximum Gasteiger partial charge on any atom is 0.332 e. The van der Waals surface area contributed by atoms with Crippen LogP contribution in [0.2, 0.25) is 0 Å². The number of benzene rings is 1. The molecule has 0 heterocycles. The number of nitrogens with one attached hydrogen (secondary N) is 1. The summed E-state index contributed by atoms with van der Waals surface area (Å²) >= 11 is 0. The highest BCUT2D eigenvalue weighted by molar-refractivity contribution is 5.86. The molecule has 16 heavy (non-hydrogen) atoms. The number of hydroxylamine groups is 1.